The van der Waals surface area contributed by atoms with E-state index < -0.39 is 0 Å². The molecule has 2 rings (SSSR count). The van der Waals surface area contributed by atoms with Gasteiger partial charge in [0.25, 0.3) is 5.91 Å². The van der Waals surface area contributed by atoms with E-state index in [1.807, 2.05) is 17.5 Å². The van der Waals surface area contributed by atoms with E-state index in [9.17, 15) is 4.79 Å². The molecule has 0 aliphatic heterocycles. The van der Waals surface area contributed by atoms with Crippen LogP contribution >= 0.6 is 22.9 Å². The standard InChI is InChI=1S/C11H10ClN3OS/c12-9-4-7(5-10(13)15-9)11(16)14-6-8-2-1-3-17-8/h1-5H,6H2,(H2,13,15)(H,14,16). The molecule has 0 aliphatic carbocycles. The summed E-state index contributed by atoms with van der Waals surface area (Å²) in [4.78, 5) is 16.7. The first-order valence-electron chi connectivity index (χ1n) is 4.89. The first-order valence-corrected chi connectivity index (χ1v) is 6.14. The lowest BCUT2D eigenvalue weighted by atomic mass is 10.2. The second-order valence-corrected chi connectivity index (χ2v) is 4.78. The molecule has 2 heterocycles. The van der Waals surface area contributed by atoms with Crippen molar-refractivity contribution in [3.63, 3.8) is 0 Å². The lowest BCUT2D eigenvalue weighted by Gasteiger charge is -2.04. The summed E-state index contributed by atoms with van der Waals surface area (Å²) in [6, 6.07) is 6.88. The van der Waals surface area contributed by atoms with Crippen LogP contribution < -0.4 is 11.1 Å². The highest BCUT2D eigenvalue weighted by Gasteiger charge is 2.08. The second-order valence-electron chi connectivity index (χ2n) is 3.37. The minimum Gasteiger partial charge on any atom is -0.384 e. The average Bonchev–Trinajstić information content (AvgIpc) is 2.77. The number of carbonyl (C=O) groups is 1. The van der Waals surface area contributed by atoms with Gasteiger partial charge in [-0.3, -0.25) is 4.79 Å². The van der Waals surface area contributed by atoms with Gasteiger partial charge < -0.3 is 11.1 Å². The third-order valence-corrected chi connectivity index (χ3v) is 3.15. The minimum atomic E-state index is -0.214. The molecular weight excluding hydrogens is 258 g/mol. The molecule has 0 saturated heterocycles. The Morgan fingerprint density at radius 2 is 2.35 bits per heavy atom. The highest BCUT2D eigenvalue weighted by Crippen LogP contribution is 2.13. The first kappa shape index (κ1) is 11.9. The molecule has 2 aromatic rings. The molecule has 6 heteroatoms. The normalized spacial score (nSPS) is 10.2. The van der Waals surface area contributed by atoms with Crippen LogP contribution in [0.1, 0.15) is 15.2 Å². The largest absolute Gasteiger partial charge is 0.384 e. The van der Waals surface area contributed by atoms with E-state index in [0.717, 1.165) is 4.88 Å². The van der Waals surface area contributed by atoms with Crippen LogP contribution in [0.3, 0.4) is 0 Å². The van der Waals surface area contributed by atoms with E-state index in [0.29, 0.717) is 12.1 Å². The van der Waals surface area contributed by atoms with Gasteiger partial charge in [-0.05, 0) is 23.6 Å². The Labute approximate surface area is 107 Å². The van der Waals surface area contributed by atoms with Gasteiger partial charge in [-0.15, -0.1) is 11.3 Å². The van der Waals surface area contributed by atoms with E-state index in [-0.39, 0.29) is 16.9 Å². The third-order valence-electron chi connectivity index (χ3n) is 2.08. The van der Waals surface area contributed by atoms with Crippen LogP contribution in [-0.4, -0.2) is 10.9 Å². The number of nitrogen functional groups attached to an aromatic ring is 1. The molecule has 0 spiro atoms. The van der Waals surface area contributed by atoms with Gasteiger partial charge in [0.05, 0.1) is 6.54 Å². The molecule has 0 aliphatic rings. The molecule has 0 atom stereocenters. The molecule has 0 aromatic carbocycles. The number of nitrogens with one attached hydrogen (secondary N) is 1. The number of hydrogen-bond donors (Lipinski definition) is 2. The van der Waals surface area contributed by atoms with Gasteiger partial charge in [-0.1, -0.05) is 17.7 Å². The maximum Gasteiger partial charge on any atom is 0.251 e. The summed E-state index contributed by atoms with van der Waals surface area (Å²) in [6.45, 7) is 0.496. The van der Waals surface area contributed by atoms with Crippen LogP contribution in [0.25, 0.3) is 0 Å². The van der Waals surface area contributed by atoms with Gasteiger partial charge in [0.15, 0.2) is 0 Å². The molecule has 0 bridgehead atoms. The maximum atomic E-state index is 11.8. The van der Waals surface area contributed by atoms with Crippen molar-refractivity contribution < 1.29 is 4.79 Å². The van der Waals surface area contributed by atoms with Crippen LogP contribution in [0.2, 0.25) is 5.15 Å². The summed E-state index contributed by atoms with van der Waals surface area (Å²) >= 11 is 7.31. The van der Waals surface area contributed by atoms with Crippen molar-refractivity contribution in [3.8, 4) is 0 Å². The second kappa shape index (κ2) is 5.16. The molecule has 3 N–H and O–H groups in total. The number of halogens is 1. The number of rotatable bonds is 3. The summed E-state index contributed by atoms with van der Waals surface area (Å²) < 4.78 is 0. The van der Waals surface area contributed by atoms with Crippen molar-refractivity contribution in [1.29, 1.82) is 0 Å². The summed E-state index contributed by atoms with van der Waals surface area (Å²) in [6.07, 6.45) is 0. The van der Waals surface area contributed by atoms with Crippen LogP contribution in [0.15, 0.2) is 29.6 Å². The van der Waals surface area contributed by atoms with Crippen molar-refractivity contribution in [3.05, 3.63) is 45.2 Å². The Bertz CT molecular complexity index is 507. The van der Waals surface area contributed by atoms with E-state index in [1.165, 1.54) is 12.1 Å². The number of anilines is 1. The van der Waals surface area contributed by atoms with Crippen molar-refractivity contribution in [2.24, 2.45) is 0 Å². The van der Waals surface area contributed by atoms with Crippen molar-refractivity contribution in [2.75, 3.05) is 5.73 Å². The molecule has 2 aromatic heterocycles. The van der Waals surface area contributed by atoms with E-state index in [2.05, 4.69) is 10.3 Å². The number of amides is 1. The van der Waals surface area contributed by atoms with Gasteiger partial charge in [0.2, 0.25) is 0 Å². The van der Waals surface area contributed by atoms with E-state index in [1.54, 1.807) is 11.3 Å². The average molecular weight is 268 g/mol. The van der Waals surface area contributed by atoms with Crippen molar-refractivity contribution in [2.45, 2.75) is 6.54 Å². The van der Waals surface area contributed by atoms with Crippen LogP contribution in [-0.2, 0) is 6.54 Å². The van der Waals surface area contributed by atoms with Crippen LogP contribution in [0.4, 0.5) is 5.82 Å². The number of hydrogen-bond acceptors (Lipinski definition) is 4. The SMILES string of the molecule is Nc1cc(C(=O)NCc2cccs2)cc(Cl)n1. The van der Waals surface area contributed by atoms with E-state index >= 15 is 0 Å². The van der Waals surface area contributed by atoms with Gasteiger partial charge in [-0.2, -0.15) is 0 Å². The molecule has 0 saturated carbocycles. The predicted octanol–water partition coefficient (Wildman–Crippen LogP) is 2.31. The smallest absolute Gasteiger partial charge is 0.251 e. The quantitative estimate of drug-likeness (QED) is 0.839. The van der Waals surface area contributed by atoms with Gasteiger partial charge >= 0.3 is 0 Å². The number of nitrogens with two attached hydrogens (primary N) is 1. The van der Waals surface area contributed by atoms with Gasteiger partial charge in [0, 0.05) is 10.4 Å². The molecule has 1 amide bonds. The fraction of sp³-hybridized carbons (Fsp3) is 0.0909. The monoisotopic (exact) mass is 267 g/mol. The molecule has 4 nitrogen and oxygen atoms in total. The Kier molecular flexibility index (Phi) is 3.61. The zero-order valence-electron chi connectivity index (χ0n) is 8.81. The zero-order chi connectivity index (χ0) is 12.3. The summed E-state index contributed by atoms with van der Waals surface area (Å²) in [5.41, 5.74) is 5.93. The molecule has 88 valence electrons. The number of carbonyl (C=O) groups excluding carboxylic acids is 1. The maximum absolute atomic E-state index is 11.8. The number of nitrogens with zero attached hydrogens (tertiary/aromatic N) is 1. The van der Waals surface area contributed by atoms with Gasteiger partial charge in [-0.25, -0.2) is 4.98 Å². The summed E-state index contributed by atoms with van der Waals surface area (Å²) in [5, 5.41) is 4.96. The first-order chi connectivity index (χ1) is 8.15. The summed E-state index contributed by atoms with van der Waals surface area (Å²) in [5.74, 6) is 0.0215. The fourth-order valence-electron chi connectivity index (χ4n) is 1.33. The zero-order valence-corrected chi connectivity index (χ0v) is 10.4. The van der Waals surface area contributed by atoms with Gasteiger partial charge in [0.1, 0.15) is 11.0 Å². The highest BCUT2D eigenvalue weighted by atomic mass is 35.5. The topological polar surface area (TPSA) is 68.0 Å². The molecule has 0 unspecified atom stereocenters. The Balaban J connectivity index is 2.04. The van der Waals surface area contributed by atoms with Crippen molar-refractivity contribution in [1.82, 2.24) is 10.3 Å². The molecule has 0 fully saturated rings. The molecule has 0 radical (unpaired) electrons. The summed E-state index contributed by atoms with van der Waals surface area (Å²) in [7, 11) is 0. The fourth-order valence-corrected chi connectivity index (χ4v) is 2.19. The van der Waals surface area contributed by atoms with Crippen LogP contribution in [0.5, 0.6) is 0 Å². The number of pyridine rings is 1. The lowest BCUT2D eigenvalue weighted by molar-refractivity contribution is 0.0951. The highest BCUT2D eigenvalue weighted by molar-refractivity contribution is 7.09. The van der Waals surface area contributed by atoms with E-state index in [4.69, 9.17) is 17.3 Å². The minimum absolute atomic E-state index is 0.214. The Hall–Kier alpha value is -1.59. The lowest BCUT2D eigenvalue weighted by Crippen LogP contribution is -2.22. The molecule has 17 heavy (non-hydrogen) atoms. The predicted molar refractivity (Wildman–Crippen MR) is 69.1 cm³/mol. The molecular formula is C11H10ClN3OS. The Morgan fingerprint density at radius 3 is 3.00 bits per heavy atom. The third kappa shape index (κ3) is 3.18. The Morgan fingerprint density at radius 1 is 1.53 bits per heavy atom. The number of aromatic nitrogens is 1. The van der Waals surface area contributed by atoms with Crippen molar-refractivity contribution >= 4 is 34.7 Å². The number of thiophene rings is 1. The van der Waals surface area contributed by atoms with Crippen LogP contribution in [0, 0.1) is 0 Å².